The third-order valence-electron chi connectivity index (χ3n) is 4.13. The molecular formula is C19H21N3O4. The van der Waals surface area contributed by atoms with E-state index >= 15 is 0 Å². The maximum atomic E-state index is 13.0. The van der Waals surface area contributed by atoms with Gasteiger partial charge in [0, 0.05) is 12.8 Å². The second-order valence-electron chi connectivity index (χ2n) is 5.98. The molecule has 0 radical (unpaired) electrons. The molecule has 0 saturated carbocycles. The molecule has 1 aliphatic heterocycles. The number of nitrogens with zero attached hydrogens (tertiary/aromatic N) is 2. The summed E-state index contributed by atoms with van der Waals surface area (Å²) in [4.78, 5) is 30.5. The number of hydrogen-bond donors (Lipinski definition) is 2. The fraction of sp³-hybridized carbons (Fsp3) is 0.316. The SMILES string of the molecule is CCC(Oc1ccc(CCO)cc1)C(=O)N1CC(=O)Nc2cccnc21. The van der Waals surface area contributed by atoms with Crippen molar-refractivity contribution in [3.63, 3.8) is 0 Å². The number of pyridine rings is 1. The van der Waals surface area contributed by atoms with Gasteiger partial charge in [-0.2, -0.15) is 0 Å². The van der Waals surface area contributed by atoms with Crippen LogP contribution < -0.4 is 15.0 Å². The fourth-order valence-electron chi connectivity index (χ4n) is 2.81. The van der Waals surface area contributed by atoms with Crippen LogP contribution in [0.5, 0.6) is 5.75 Å². The average molecular weight is 355 g/mol. The van der Waals surface area contributed by atoms with Gasteiger partial charge in [0.1, 0.15) is 12.3 Å². The zero-order valence-electron chi connectivity index (χ0n) is 14.5. The van der Waals surface area contributed by atoms with Crippen LogP contribution in [0.25, 0.3) is 0 Å². The molecule has 26 heavy (non-hydrogen) atoms. The molecule has 2 aromatic rings. The molecule has 2 N–H and O–H groups in total. The summed E-state index contributed by atoms with van der Waals surface area (Å²) in [5.74, 6) is 0.427. The van der Waals surface area contributed by atoms with E-state index < -0.39 is 6.10 Å². The van der Waals surface area contributed by atoms with Gasteiger partial charge in [-0.3, -0.25) is 14.5 Å². The number of fused-ring (bicyclic) bond motifs is 1. The first kappa shape index (κ1) is 17.9. The number of carbonyl (C=O) groups is 2. The Labute approximate surface area is 151 Å². The third-order valence-corrected chi connectivity index (χ3v) is 4.13. The molecule has 0 saturated heterocycles. The van der Waals surface area contributed by atoms with Crippen molar-refractivity contribution in [2.45, 2.75) is 25.9 Å². The van der Waals surface area contributed by atoms with Gasteiger partial charge >= 0.3 is 0 Å². The number of anilines is 2. The molecule has 2 amide bonds. The summed E-state index contributed by atoms with van der Waals surface area (Å²) in [6.07, 6.45) is 1.89. The lowest BCUT2D eigenvalue weighted by atomic mass is 10.1. The molecule has 0 bridgehead atoms. The second-order valence-corrected chi connectivity index (χ2v) is 5.98. The van der Waals surface area contributed by atoms with Crippen molar-refractivity contribution < 1.29 is 19.4 Å². The maximum Gasteiger partial charge on any atom is 0.269 e. The zero-order chi connectivity index (χ0) is 18.5. The molecule has 3 rings (SSSR count). The van der Waals surface area contributed by atoms with E-state index in [0.29, 0.717) is 30.1 Å². The maximum absolute atomic E-state index is 13.0. The van der Waals surface area contributed by atoms with Crippen molar-refractivity contribution in [3.8, 4) is 5.75 Å². The summed E-state index contributed by atoms with van der Waals surface area (Å²) in [5, 5.41) is 11.7. The van der Waals surface area contributed by atoms with Crippen LogP contribution in [0.2, 0.25) is 0 Å². The molecule has 1 aliphatic rings. The lowest BCUT2D eigenvalue weighted by Crippen LogP contribution is -2.48. The van der Waals surface area contributed by atoms with E-state index in [2.05, 4.69) is 10.3 Å². The number of nitrogens with one attached hydrogen (secondary N) is 1. The van der Waals surface area contributed by atoms with Crippen LogP contribution in [0, 0.1) is 0 Å². The molecule has 1 aromatic heterocycles. The number of rotatable bonds is 6. The molecule has 0 spiro atoms. The van der Waals surface area contributed by atoms with Gasteiger partial charge in [0.25, 0.3) is 5.91 Å². The quantitative estimate of drug-likeness (QED) is 0.824. The lowest BCUT2D eigenvalue weighted by molar-refractivity contribution is -0.127. The summed E-state index contributed by atoms with van der Waals surface area (Å²) in [5.41, 5.74) is 1.50. The van der Waals surface area contributed by atoms with E-state index in [-0.39, 0.29) is 25.0 Å². The Morgan fingerprint density at radius 1 is 1.35 bits per heavy atom. The first-order valence-corrected chi connectivity index (χ1v) is 8.55. The molecule has 1 unspecified atom stereocenters. The van der Waals surface area contributed by atoms with Crippen LogP contribution in [-0.2, 0) is 16.0 Å². The van der Waals surface area contributed by atoms with Crippen LogP contribution in [0.1, 0.15) is 18.9 Å². The minimum Gasteiger partial charge on any atom is -0.481 e. The highest BCUT2D eigenvalue weighted by atomic mass is 16.5. The minimum atomic E-state index is -0.723. The van der Waals surface area contributed by atoms with Gasteiger partial charge in [0.05, 0.1) is 5.69 Å². The summed E-state index contributed by atoms with van der Waals surface area (Å²) in [7, 11) is 0. The van der Waals surface area contributed by atoms with Crippen molar-refractivity contribution in [2.24, 2.45) is 0 Å². The van der Waals surface area contributed by atoms with Crippen LogP contribution in [0.15, 0.2) is 42.6 Å². The number of carbonyl (C=O) groups excluding carboxylic acids is 2. The normalized spacial score (nSPS) is 14.4. The Morgan fingerprint density at radius 3 is 2.81 bits per heavy atom. The summed E-state index contributed by atoms with van der Waals surface area (Å²) in [6.45, 7) is 1.85. The predicted molar refractivity (Wildman–Crippen MR) is 97.2 cm³/mol. The number of aliphatic hydroxyl groups is 1. The Balaban J connectivity index is 1.77. The van der Waals surface area contributed by atoms with Crippen LogP contribution in [0.3, 0.4) is 0 Å². The van der Waals surface area contributed by atoms with Gasteiger partial charge in [-0.15, -0.1) is 0 Å². The van der Waals surface area contributed by atoms with E-state index in [9.17, 15) is 9.59 Å². The van der Waals surface area contributed by atoms with Crippen molar-refractivity contribution in [2.75, 3.05) is 23.4 Å². The molecule has 136 valence electrons. The number of benzene rings is 1. The first-order chi connectivity index (χ1) is 12.6. The smallest absolute Gasteiger partial charge is 0.269 e. The molecule has 1 atom stereocenters. The first-order valence-electron chi connectivity index (χ1n) is 8.55. The summed E-state index contributed by atoms with van der Waals surface area (Å²) >= 11 is 0. The Kier molecular flexibility index (Phi) is 5.48. The highest BCUT2D eigenvalue weighted by molar-refractivity contribution is 6.10. The van der Waals surface area contributed by atoms with E-state index in [0.717, 1.165) is 5.56 Å². The van der Waals surface area contributed by atoms with Gasteiger partial charge in [0.15, 0.2) is 11.9 Å². The highest BCUT2D eigenvalue weighted by Gasteiger charge is 2.32. The second kappa shape index (κ2) is 7.97. The number of aromatic nitrogens is 1. The number of hydrogen-bond acceptors (Lipinski definition) is 5. The van der Waals surface area contributed by atoms with Gasteiger partial charge < -0.3 is 15.2 Å². The molecular weight excluding hydrogens is 334 g/mol. The van der Waals surface area contributed by atoms with Gasteiger partial charge in [-0.05, 0) is 42.7 Å². The van der Waals surface area contributed by atoms with Crippen LogP contribution in [0.4, 0.5) is 11.5 Å². The van der Waals surface area contributed by atoms with Gasteiger partial charge in [-0.25, -0.2) is 4.98 Å². The average Bonchev–Trinajstić information content (AvgIpc) is 2.66. The molecule has 2 heterocycles. The largest absolute Gasteiger partial charge is 0.481 e. The topological polar surface area (TPSA) is 91.8 Å². The van der Waals surface area contributed by atoms with Crippen LogP contribution >= 0.6 is 0 Å². The molecule has 7 nitrogen and oxygen atoms in total. The number of ether oxygens (including phenoxy) is 1. The van der Waals surface area contributed by atoms with E-state index in [1.807, 2.05) is 19.1 Å². The van der Waals surface area contributed by atoms with E-state index in [1.54, 1.807) is 30.5 Å². The van der Waals surface area contributed by atoms with Crippen molar-refractivity contribution in [3.05, 3.63) is 48.2 Å². The lowest BCUT2D eigenvalue weighted by Gasteiger charge is -2.30. The highest BCUT2D eigenvalue weighted by Crippen LogP contribution is 2.27. The molecule has 7 heteroatoms. The monoisotopic (exact) mass is 355 g/mol. The molecule has 1 aromatic carbocycles. The zero-order valence-corrected chi connectivity index (χ0v) is 14.5. The number of aliphatic hydroxyl groups excluding tert-OH is 1. The van der Waals surface area contributed by atoms with Crippen molar-refractivity contribution in [1.29, 1.82) is 0 Å². The predicted octanol–water partition coefficient (Wildman–Crippen LogP) is 1.76. The standard InChI is InChI=1S/C19H21N3O4/c1-2-16(26-14-7-5-13(6-8-14)9-11-23)19(25)22-12-17(24)21-15-4-3-10-20-18(15)22/h3-8,10,16,23H,2,9,11-12H2,1H3,(H,21,24). The Hall–Kier alpha value is -2.93. The van der Waals surface area contributed by atoms with Crippen molar-refractivity contribution in [1.82, 2.24) is 4.98 Å². The van der Waals surface area contributed by atoms with E-state index in [4.69, 9.17) is 9.84 Å². The summed E-state index contributed by atoms with van der Waals surface area (Å²) in [6, 6.07) is 10.7. The fourth-order valence-corrected chi connectivity index (χ4v) is 2.81. The Bertz CT molecular complexity index is 792. The molecule has 0 aliphatic carbocycles. The van der Waals surface area contributed by atoms with Crippen LogP contribution in [-0.4, -0.2) is 41.2 Å². The van der Waals surface area contributed by atoms with Gasteiger partial charge in [0.2, 0.25) is 5.91 Å². The summed E-state index contributed by atoms with van der Waals surface area (Å²) < 4.78 is 5.85. The minimum absolute atomic E-state index is 0.0830. The molecule has 0 fully saturated rings. The number of amides is 2. The third kappa shape index (κ3) is 3.83. The van der Waals surface area contributed by atoms with Gasteiger partial charge in [-0.1, -0.05) is 19.1 Å². The van der Waals surface area contributed by atoms with Crippen molar-refractivity contribution >= 4 is 23.3 Å². The Morgan fingerprint density at radius 2 is 2.12 bits per heavy atom. The van der Waals surface area contributed by atoms with E-state index in [1.165, 1.54) is 4.90 Å².